The van der Waals surface area contributed by atoms with E-state index in [0.29, 0.717) is 10.0 Å². The van der Waals surface area contributed by atoms with Gasteiger partial charge in [0.05, 0.1) is 10.0 Å². The van der Waals surface area contributed by atoms with E-state index in [1.54, 1.807) is 6.07 Å². The number of hydrogen-bond acceptors (Lipinski definition) is 0. The van der Waals surface area contributed by atoms with Crippen LogP contribution in [0.5, 0.6) is 0 Å². The third-order valence-corrected chi connectivity index (χ3v) is 2.02. The van der Waals surface area contributed by atoms with Crippen LogP contribution in [0.3, 0.4) is 0 Å². The topological polar surface area (TPSA) is 0 Å². The van der Waals surface area contributed by atoms with Crippen LogP contribution in [0.4, 0.5) is 0 Å². The number of hydrogen-bond donors (Lipinski definition) is 0. The highest BCUT2D eigenvalue weighted by Crippen LogP contribution is 2.22. The molecule has 0 atom stereocenters. The normalized spacial score (nSPS) is 9.90. The van der Waals surface area contributed by atoms with Gasteiger partial charge in [-0.1, -0.05) is 30.1 Å². The maximum Gasteiger partial charge on any atom is 0.0598 e. The Labute approximate surface area is 70.8 Å². The van der Waals surface area contributed by atoms with Crippen LogP contribution >= 0.6 is 23.2 Å². The molecule has 0 aliphatic rings. The van der Waals surface area contributed by atoms with Crippen molar-refractivity contribution < 1.29 is 0 Å². The first-order valence-electron chi connectivity index (χ1n) is 3.09. The van der Waals surface area contributed by atoms with Gasteiger partial charge >= 0.3 is 0 Å². The Kier molecular flexibility index (Phi) is 2.58. The van der Waals surface area contributed by atoms with Crippen LogP contribution < -0.4 is 0 Å². The second-order valence-corrected chi connectivity index (χ2v) is 2.82. The van der Waals surface area contributed by atoms with Gasteiger partial charge in [-0.25, -0.2) is 0 Å². The predicted octanol–water partition coefficient (Wildman–Crippen LogP) is 3.36. The number of rotatable bonds is 1. The number of halogens is 2. The van der Waals surface area contributed by atoms with Crippen molar-refractivity contribution in [2.45, 2.75) is 13.3 Å². The van der Waals surface area contributed by atoms with E-state index in [1.807, 2.05) is 6.07 Å². The summed E-state index contributed by atoms with van der Waals surface area (Å²) in [4.78, 5) is 0. The summed E-state index contributed by atoms with van der Waals surface area (Å²) in [6.07, 6.45) is 0.941. The summed E-state index contributed by atoms with van der Waals surface area (Å²) in [5.41, 5.74) is 1.09. The van der Waals surface area contributed by atoms with Gasteiger partial charge < -0.3 is 0 Å². The standard InChI is InChI=1S/C8H7Cl2/c1-2-6-3-4-7(9)8(10)5-6/h4-5H,2H2,1H3. The molecule has 2 heteroatoms. The van der Waals surface area contributed by atoms with Crippen LogP contribution in [-0.2, 0) is 6.42 Å². The van der Waals surface area contributed by atoms with Crippen LogP contribution in [0, 0.1) is 6.07 Å². The molecule has 0 saturated carbocycles. The molecular formula is C8H7Cl2. The third-order valence-electron chi connectivity index (χ3n) is 1.29. The molecule has 10 heavy (non-hydrogen) atoms. The van der Waals surface area contributed by atoms with Gasteiger partial charge in [-0.2, -0.15) is 0 Å². The van der Waals surface area contributed by atoms with E-state index < -0.39 is 0 Å². The first-order valence-corrected chi connectivity index (χ1v) is 3.85. The summed E-state index contributed by atoms with van der Waals surface area (Å²) in [5.74, 6) is 0. The van der Waals surface area contributed by atoms with E-state index in [4.69, 9.17) is 23.2 Å². The zero-order valence-electron chi connectivity index (χ0n) is 5.62. The molecule has 0 spiro atoms. The zero-order chi connectivity index (χ0) is 7.56. The minimum Gasteiger partial charge on any atom is -0.0827 e. The third kappa shape index (κ3) is 1.65. The average Bonchev–Trinajstić information content (AvgIpc) is 1.95. The average molecular weight is 174 g/mol. The van der Waals surface area contributed by atoms with Crippen LogP contribution in [0.25, 0.3) is 0 Å². The maximum absolute atomic E-state index is 5.74. The lowest BCUT2D eigenvalue weighted by Crippen LogP contribution is -1.79. The molecule has 0 saturated heterocycles. The largest absolute Gasteiger partial charge is 0.0827 e. The number of benzene rings is 1. The molecule has 0 fully saturated rings. The minimum absolute atomic E-state index is 0.568. The molecule has 0 nitrogen and oxygen atoms in total. The van der Waals surface area contributed by atoms with E-state index >= 15 is 0 Å². The molecule has 0 aliphatic heterocycles. The Morgan fingerprint density at radius 3 is 2.60 bits per heavy atom. The summed E-state index contributed by atoms with van der Waals surface area (Å²) in [6.45, 7) is 2.05. The summed E-state index contributed by atoms with van der Waals surface area (Å²) in [5, 5.41) is 1.18. The smallest absolute Gasteiger partial charge is 0.0598 e. The fourth-order valence-electron chi connectivity index (χ4n) is 0.693. The Bertz CT molecular complexity index is 231. The van der Waals surface area contributed by atoms with E-state index in [1.165, 1.54) is 0 Å². The van der Waals surface area contributed by atoms with Gasteiger partial charge in [0.15, 0.2) is 0 Å². The Hall–Kier alpha value is -0.200. The number of aryl methyl sites for hydroxylation is 1. The van der Waals surface area contributed by atoms with Crippen molar-refractivity contribution in [2.75, 3.05) is 0 Å². The van der Waals surface area contributed by atoms with Crippen molar-refractivity contribution in [3.05, 3.63) is 33.8 Å². The van der Waals surface area contributed by atoms with E-state index in [9.17, 15) is 0 Å². The van der Waals surface area contributed by atoms with Gasteiger partial charge in [0.1, 0.15) is 0 Å². The monoisotopic (exact) mass is 173 g/mol. The highest BCUT2D eigenvalue weighted by Gasteiger charge is 1.96. The van der Waals surface area contributed by atoms with E-state index in [2.05, 4.69) is 13.0 Å². The van der Waals surface area contributed by atoms with Gasteiger partial charge in [-0.05, 0) is 30.2 Å². The first-order chi connectivity index (χ1) is 4.74. The molecule has 0 heterocycles. The summed E-state index contributed by atoms with van der Waals surface area (Å²) in [6, 6.07) is 6.55. The lowest BCUT2D eigenvalue weighted by Gasteiger charge is -1.97. The van der Waals surface area contributed by atoms with Gasteiger partial charge in [-0.3, -0.25) is 0 Å². The minimum atomic E-state index is 0.568. The second-order valence-electron chi connectivity index (χ2n) is 2.01. The van der Waals surface area contributed by atoms with Crippen LogP contribution in [0.2, 0.25) is 10.0 Å². The van der Waals surface area contributed by atoms with Crippen LogP contribution in [-0.4, -0.2) is 0 Å². The van der Waals surface area contributed by atoms with Crippen molar-refractivity contribution in [2.24, 2.45) is 0 Å². The molecule has 0 amide bonds. The Balaban J connectivity index is 3.04. The molecule has 1 rings (SSSR count). The second kappa shape index (κ2) is 3.27. The van der Waals surface area contributed by atoms with E-state index in [-0.39, 0.29) is 0 Å². The van der Waals surface area contributed by atoms with Gasteiger partial charge in [0.25, 0.3) is 0 Å². The Morgan fingerprint density at radius 2 is 2.10 bits per heavy atom. The van der Waals surface area contributed by atoms with Gasteiger partial charge in [0.2, 0.25) is 0 Å². The Morgan fingerprint density at radius 1 is 1.40 bits per heavy atom. The highest BCUT2D eigenvalue weighted by molar-refractivity contribution is 6.41. The van der Waals surface area contributed by atoms with Crippen molar-refractivity contribution >= 4 is 23.2 Å². The molecule has 0 aromatic heterocycles. The molecular weight excluding hydrogens is 167 g/mol. The molecule has 1 radical (unpaired) electrons. The molecule has 53 valence electrons. The molecule has 0 unspecified atom stereocenters. The lowest BCUT2D eigenvalue weighted by molar-refractivity contribution is 1.14. The maximum atomic E-state index is 5.74. The fourth-order valence-corrected chi connectivity index (χ4v) is 0.988. The van der Waals surface area contributed by atoms with Crippen LogP contribution in [0.15, 0.2) is 12.1 Å². The highest BCUT2D eigenvalue weighted by atomic mass is 35.5. The molecule has 1 aromatic rings. The quantitative estimate of drug-likeness (QED) is 0.612. The van der Waals surface area contributed by atoms with Gasteiger partial charge in [0, 0.05) is 0 Å². The van der Waals surface area contributed by atoms with Crippen molar-refractivity contribution in [1.29, 1.82) is 0 Å². The summed E-state index contributed by atoms with van der Waals surface area (Å²) >= 11 is 11.4. The molecule has 0 aliphatic carbocycles. The van der Waals surface area contributed by atoms with Gasteiger partial charge in [-0.15, -0.1) is 0 Å². The van der Waals surface area contributed by atoms with Crippen LogP contribution in [0.1, 0.15) is 12.5 Å². The summed E-state index contributed by atoms with van der Waals surface area (Å²) < 4.78 is 0. The molecule has 0 N–H and O–H groups in total. The van der Waals surface area contributed by atoms with Crippen molar-refractivity contribution in [1.82, 2.24) is 0 Å². The fraction of sp³-hybridized carbons (Fsp3) is 0.250. The predicted molar refractivity (Wildman–Crippen MR) is 44.7 cm³/mol. The molecule has 0 bridgehead atoms. The van der Waals surface area contributed by atoms with E-state index in [0.717, 1.165) is 12.0 Å². The SMILES string of the molecule is CCc1[c]cc(Cl)c(Cl)c1. The zero-order valence-corrected chi connectivity index (χ0v) is 7.13. The summed E-state index contributed by atoms with van der Waals surface area (Å²) in [7, 11) is 0. The van der Waals surface area contributed by atoms with Crippen molar-refractivity contribution in [3.63, 3.8) is 0 Å². The van der Waals surface area contributed by atoms with Crippen molar-refractivity contribution in [3.8, 4) is 0 Å². The lowest BCUT2D eigenvalue weighted by atomic mass is 10.2. The molecule has 1 aromatic carbocycles. The first kappa shape index (κ1) is 7.90.